The lowest BCUT2D eigenvalue weighted by molar-refractivity contribution is -0.720. The van der Waals surface area contributed by atoms with E-state index in [9.17, 15) is 0 Å². The van der Waals surface area contributed by atoms with E-state index in [1.54, 1.807) is 0 Å². The summed E-state index contributed by atoms with van der Waals surface area (Å²) < 4.78 is 14.2. The summed E-state index contributed by atoms with van der Waals surface area (Å²) in [7, 11) is 0. The Morgan fingerprint density at radius 3 is 2.38 bits per heavy atom. The standard InChI is InChI=1S/C51H41N3O/c1-30-25-45-35(33-13-5-6-14-34(33)42-16-10-12-24-53(42)45)21-19-31-26-46-38(28-37(31)43-17-9-11-23-52(30)43)39-29-40-36-15-7-8-18-47(36)55-50(40)48-41-27-32(51(2,3)4)20-22-44(41)54(46)49(39)48/h5-18,20,22-24,26-29,35,45H,1,19,21,25H2,2-4H3/q+2. The molecule has 0 bridgehead atoms. The number of para-hydroxylation sites is 1. The second kappa shape index (κ2) is 10.9. The maximum atomic E-state index is 6.79. The summed E-state index contributed by atoms with van der Waals surface area (Å²) in [5, 5.41) is 7.35. The van der Waals surface area contributed by atoms with Gasteiger partial charge in [-0.05, 0) is 96.1 Å². The van der Waals surface area contributed by atoms with Crippen molar-refractivity contribution < 1.29 is 13.6 Å². The van der Waals surface area contributed by atoms with E-state index in [4.69, 9.17) is 11.0 Å². The van der Waals surface area contributed by atoms with Crippen molar-refractivity contribution in [3.05, 3.63) is 157 Å². The molecule has 0 N–H and O–H groups in total. The third kappa shape index (κ3) is 4.23. The van der Waals surface area contributed by atoms with Crippen LogP contribution in [-0.2, 0) is 11.8 Å². The van der Waals surface area contributed by atoms with E-state index >= 15 is 0 Å². The number of rotatable bonds is 0. The van der Waals surface area contributed by atoms with Gasteiger partial charge in [-0.15, -0.1) is 0 Å². The molecule has 2 aliphatic rings. The molecule has 0 aliphatic carbocycles. The normalized spacial score (nSPS) is 17.2. The van der Waals surface area contributed by atoms with Crippen molar-refractivity contribution in [2.45, 2.75) is 57.4 Å². The van der Waals surface area contributed by atoms with Gasteiger partial charge < -0.3 is 8.82 Å². The Balaban J connectivity index is 1.17. The molecule has 0 radical (unpaired) electrons. The van der Waals surface area contributed by atoms with E-state index < -0.39 is 0 Å². The van der Waals surface area contributed by atoms with E-state index in [-0.39, 0.29) is 11.5 Å². The van der Waals surface area contributed by atoms with Gasteiger partial charge in [-0.3, -0.25) is 0 Å². The Morgan fingerprint density at radius 2 is 1.49 bits per heavy atom. The molecule has 0 fully saturated rings. The van der Waals surface area contributed by atoms with Crippen LogP contribution in [0.25, 0.3) is 88.2 Å². The fourth-order valence-electron chi connectivity index (χ4n) is 10.4. The predicted octanol–water partition coefficient (Wildman–Crippen LogP) is 12.1. The van der Waals surface area contributed by atoms with Crippen LogP contribution in [0.15, 0.2) is 145 Å². The maximum absolute atomic E-state index is 6.79. The lowest BCUT2D eigenvalue weighted by atomic mass is 9.77. The first-order chi connectivity index (χ1) is 26.8. The number of furan rings is 1. The molecule has 4 nitrogen and oxygen atoms in total. The first-order valence-electron chi connectivity index (χ1n) is 19.7. The summed E-state index contributed by atoms with van der Waals surface area (Å²) in [5.74, 6) is 0.340. The SMILES string of the molecule is C=C1CC2C(CCc3cc4c(cc3-c3cccc[n+]31)c1cc3c5ccccc5oc3c3c5cc(C(C)(C)C)ccc5n4c13)c1ccccc1-c1cccc[n+]12. The minimum atomic E-state index is 0.0196. The Bertz CT molecular complexity index is 3260. The van der Waals surface area contributed by atoms with E-state index in [0.717, 1.165) is 41.5 Å². The number of allylic oxidation sites excluding steroid dienone is 1. The second-order valence-electron chi connectivity index (χ2n) is 17.0. The van der Waals surface area contributed by atoms with Gasteiger partial charge in [-0.2, -0.15) is 9.13 Å². The molecule has 10 aromatic rings. The van der Waals surface area contributed by atoms with Gasteiger partial charge in [-0.25, -0.2) is 0 Å². The minimum Gasteiger partial charge on any atom is -0.455 e. The zero-order chi connectivity index (χ0) is 36.7. The highest BCUT2D eigenvalue weighted by atomic mass is 16.3. The van der Waals surface area contributed by atoms with Gasteiger partial charge >= 0.3 is 0 Å². The van der Waals surface area contributed by atoms with Crippen LogP contribution in [0, 0.1) is 0 Å². The van der Waals surface area contributed by atoms with Crippen LogP contribution in [0.1, 0.15) is 62.3 Å². The predicted molar refractivity (Wildman–Crippen MR) is 225 cm³/mol. The molecule has 7 heterocycles. The fraction of sp³-hybridized carbons (Fsp3) is 0.176. The maximum Gasteiger partial charge on any atom is 0.218 e. The van der Waals surface area contributed by atoms with Gasteiger partial charge in [0.15, 0.2) is 24.1 Å². The molecule has 4 heteroatoms. The van der Waals surface area contributed by atoms with Crippen molar-refractivity contribution in [1.82, 2.24) is 4.40 Å². The van der Waals surface area contributed by atoms with Crippen LogP contribution >= 0.6 is 0 Å². The lowest BCUT2D eigenvalue weighted by Gasteiger charge is -2.31. The van der Waals surface area contributed by atoms with Crippen LogP contribution in [0.4, 0.5) is 0 Å². The van der Waals surface area contributed by atoms with Crippen LogP contribution in [0.5, 0.6) is 0 Å². The first-order valence-corrected chi connectivity index (χ1v) is 19.7. The highest BCUT2D eigenvalue weighted by molar-refractivity contribution is 6.33. The van der Waals surface area contributed by atoms with Gasteiger partial charge in [0.25, 0.3) is 0 Å². The average molecular weight is 712 g/mol. The van der Waals surface area contributed by atoms with Gasteiger partial charge in [0.2, 0.25) is 11.4 Å². The highest BCUT2D eigenvalue weighted by Gasteiger charge is 2.42. The molecule has 0 amide bonds. The number of aromatic nitrogens is 3. The zero-order valence-corrected chi connectivity index (χ0v) is 31.4. The van der Waals surface area contributed by atoms with E-state index in [0.29, 0.717) is 5.92 Å². The molecule has 2 aliphatic heterocycles. The van der Waals surface area contributed by atoms with Crippen molar-refractivity contribution >= 4 is 65.7 Å². The summed E-state index contributed by atoms with van der Waals surface area (Å²) in [4.78, 5) is 0. The Labute approximate surface area is 319 Å². The van der Waals surface area contributed by atoms with Gasteiger partial charge in [0.1, 0.15) is 11.2 Å². The number of pyridine rings is 2. The monoisotopic (exact) mass is 711 g/mol. The Hall–Kier alpha value is -6.26. The number of aryl methyl sites for hydroxylation is 1. The molecular weight excluding hydrogens is 671 g/mol. The zero-order valence-electron chi connectivity index (χ0n) is 31.4. The highest BCUT2D eigenvalue weighted by Crippen LogP contribution is 2.49. The van der Waals surface area contributed by atoms with E-state index in [2.05, 4.69) is 168 Å². The van der Waals surface area contributed by atoms with Crippen molar-refractivity contribution in [3.63, 3.8) is 0 Å². The summed E-state index contributed by atoms with van der Waals surface area (Å²) in [6.07, 6.45) is 7.36. The number of benzene rings is 5. The molecule has 55 heavy (non-hydrogen) atoms. The van der Waals surface area contributed by atoms with Crippen molar-refractivity contribution in [2.75, 3.05) is 0 Å². The number of hydrogen-bond acceptors (Lipinski definition) is 1. The van der Waals surface area contributed by atoms with Crippen LogP contribution in [0.2, 0.25) is 0 Å². The Kier molecular flexibility index (Phi) is 6.18. The fourth-order valence-corrected chi connectivity index (χ4v) is 10.4. The quantitative estimate of drug-likeness (QED) is 0.144. The molecule has 12 rings (SSSR count). The molecular formula is C51H41N3O+2. The molecule has 2 atom stereocenters. The van der Waals surface area contributed by atoms with E-state index in [1.165, 1.54) is 82.7 Å². The number of nitrogens with zero attached hydrogens (tertiary/aromatic N) is 3. The molecule has 2 unspecified atom stereocenters. The smallest absolute Gasteiger partial charge is 0.218 e. The number of hydrogen-bond donors (Lipinski definition) is 0. The third-order valence-electron chi connectivity index (χ3n) is 13.0. The summed E-state index contributed by atoms with van der Waals surface area (Å²) in [6.45, 7) is 11.7. The van der Waals surface area contributed by atoms with E-state index in [1.807, 2.05) is 0 Å². The molecule has 0 saturated heterocycles. The average Bonchev–Trinajstić information content (AvgIpc) is 3.85. The molecule has 0 spiro atoms. The van der Waals surface area contributed by atoms with Gasteiger partial charge in [-0.1, -0.05) is 63.2 Å². The largest absolute Gasteiger partial charge is 0.455 e. The molecule has 264 valence electrons. The van der Waals surface area contributed by atoms with Gasteiger partial charge in [0.05, 0.1) is 33.9 Å². The molecule has 0 saturated carbocycles. The first kappa shape index (κ1) is 31.1. The van der Waals surface area contributed by atoms with Gasteiger partial charge in [0, 0.05) is 62.7 Å². The van der Waals surface area contributed by atoms with Crippen molar-refractivity contribution in [3.8, 4) is 22.5 Å². The van der Waals surface area contributed by atoms with Crippen LogP contribution in [-0.4, -0.2) is 4.40 Å². The second-order valence-corrected chi connectivity index (χ2v) is 17.0. The van der Waals surface area contributed by atoms with Crippen LogP contribution < -0.4 is 9.13 Å². The number of fused-ring (bicyclic) bond motifs is 19. The molecule has 5 aromatic heterocycles. The van der Waals surface area contributed by atoms with Crippen LogP contribution in [0.3, 0.4) is 0 Å². The Morgan fingerprint density at radius 1 is 0.691 bits per heavy atom. The van der Waals surface area contributed by atoms with Crippen molar-refractivity contribution in [1.29, 1.82) is 0 Å². The van der Waals surface area contributed by atoms with Crippen molar-refractivity contribution in [2.24, 2.45) is 0 Å². The summed E-state index contributed by atoms with van der Waals surface area (Å²) in [5.41, 5.74) is 16.0. The topological polar surface area (TPSA) is 25.3 Å². The lowest BCUT2D eigenvalue weighted by Crippen LogP contribution is -2.49. The molecule has 5 aromatic carbocycles. The third-order valence-corrected chi connectivity index (χ3v) is 13.0. The summed E-state index contributed by atoms with van der Waals surface area (Å²) in [6, 6.07) is 45.6. The summed E-state index contributed by atoms with van der Waals surface area (Å²) >= 11 is 0. The minimum absolute atomic E-state index is 0.0196.